The first-order valence-corrected chi connectivity index (χ1v) is 7.23. The number of allylic oxidation sites excluding steroid dienone is 1. The molecule has 2 rings (SSSR count). The number of carboxylic acids is 2. The monoisotopic (exact) mass is 316 g/mol. The summed E-state index contributed by atoms with van der Waals surface area (Å²) in [6, 6.07) is 7.27. The maximum absolute atomic E-state index is 11.7. The maximum Gasteiger partial charge on any atom is 0.334 e. The highest BCUT2D eigenvalue weighted by Crippen LogP contribution is 2.39. The van der Waals surface area contributed by atoms with Gasteiger partial charge in [-0.3, -0.25) is 9.79 Å². The van der Waals surface area contributed by atoms with Crippen molar-refractivity contribution in [1.29, 1.82) is 0 Å². The molecule has 0 aromatic heterocycles. The molecule has 122 valence electrons. The fourth-order valence-corrected chi connectivity index (χ4v) is 2.98. The van der Waals surface area contributed by atoms with Crippen molar-refractivity contribution in [2.24, 2.45) is 10.9 Å². The second-order valence-corrected chi connectivity index (χ2v) is 5.84. The van der Waals surface area contributed by atoms with Gasteiger partial charge in [0, 0.05) is 37.1 Å². The van der Waals surface area contributed by atoms with Gasteiger partial charge in [0.1, 0.15) is 5.92 Å². The Labute approximate surface area is 134 Å². The molecule has 0 radical (unpaired) electrons. The van der Waals surface area contributed by atoms with Crippen molar-refractivity contribution in [3.8, 4) is 0 Å². The SMILES string of the molecule is CC1=NC(C)=C(C(=O)O)C(c2ccc(N(C)C)cc2)C1C(=O)O. The van der Waals surface area contributed by atoms with E-state index in [0.29, 0.717) is 17.0 Å². The second kappa shape index (κ2) is 6.24. The summed E-state index contributed by atoms with van der Waals surface area (Å²) in [5, 5.41) is 19.1. The summed E-state index contributed by atoms with van der Waals surface area (Å²) in [7, 11) is 3.80. The molecule has 0 amide bonds. The summed E-state index contributed by atoms with van der Waals surface area (Å²) >= 11 is 0. The third kappa shape index (κ3) is 3.11. The molecule has 2 atom stereocenters. The lowest BCUT2D eigenvalue weighted by Gasteiger charge is -2.29. The molecule has 0 aliphatic carbocycles. The molecule has 1 heterocycles. The molecular weight excluding hydrogens is 296 g/mol. The highest BCUT2D eigenvalue weighted by molar-refractivity contribution is 6.06. The van der Waals surface area contributed by atoms with E-state index in [-0.39, 0.29) is 5.57 Å². The first-order valence-electron chi connectivity index (χ1n) is 7.23. The van der Waals surface area contributed by atoms with Gasteiger partial charge in [-0.15, -0.1) is 0 Å². The van der Waals surface area contributed by atoms with Crippen molar-refractivity contribution >= 4 is 23.3 Å². The van der Waals surface area contributed by atoms with Crippen molar-refractivity contribution in [1.82, 2.24) is 0 Å². The van der Waals surface area contributed by atoms with Crippen LogP contribution in [-0.4, -0.2) is 42.0 Å². The molecule has 1 aromatic rings. The van der Waals surface area contributed by atoms with E-state index in [2.05, 4.69) is 4.99 Å². The van der Waals surface area contributed by atoms with Gasteiger partial charge in [-0.2, -0.15) is 0 Å². The first-order chi connectivity index (χ1) is 10.7. The van der Waals surface area contributed by atoms with E-state index in [0.717, 1.165) is 5.69 Å². The summed E-state index contributed by atoms with van der Waals surface area (Å²) in [6.07, 6.45) is 0. The Balaban J connectivity index is 2.59. The van der Waals surface area contributed by atoms with Crippen LogP contribution in [0.15, 0.2) is 40.5 Å². The second-order valence-electron chi connectivity index (χ2n) is 5.84. The third-order valence-electron chi connectivity index (χ3n) is 4.09. The van der Waals surface area contributed by atoms with Gasteiger partial charge in [0.25, 0.3) is 0 Å². The van der Waals surface area contributed by atoms with Gasteiger partial charge in [0.2, 0.25) is 0 Å². The van der Waals surface area contributed by atoms with Gasteiger partial charge in [0.05, 0.1) is 5.57 Å². The zero-order chi connectivity index (χ0) is 17.3. The molecule has 1 aromatic carbocycles. The van der Waals surface area contributed by atoms with Gasteiger partial charge in [-0.25, -0.2) is 4.79 Å². The van der Waals surface area contributed by atoms with Crippen LogP contribution in [-0.2, 0) is 9.59 Å². The van der Waals surface area contributed by atoms with Crippen LogP contribution in [0.5, 0.6) is 0 Å². The van der Waals surface area contributed by atoms with E-state index in [1.165, 1.54) is 0 Å². The fourth-order valence-electron chi connectivity index (χ4n) is 2.98. The molecular formula is C17H20N2O4. The molecule has 0 saturated heterocycles. The minimum absolute atomic E-state index is 0.0422. The van der Waals surface area contributed by atoms with Crippen molar-refractivity contribution in [3.05, 3.63) is 41.1 Å². The molecule has 23 heavy (non-hydrogen) atoms. The van der Waals surface area contributed by atoms with Gasteiger partial charge < -0.3 is 15.1 Å². The summed E-state index contributed by atoms with van der Waals surface area (Å²) in [5.41, 5.74) is 2.44. The number of nitrogens with zero attached hydrogens (tertiary/aromatic N) is 2. The van der Waals surface area contributed by atoms with E-state index in [1.54, 1.807) is 26.0 Å². The zero-order valence-electron chi connectivity index (χ0n) is 13.6. The third-order valence-corrected chi connectivity index (χ3v) is 4.09. The number of aliphatic carboxylic acids is 2. The molecule has 6 heteroatoms. The number of carbonyl (C=O) groups is 2. The van der Waals surface area contributed by atoms with Crippen molar-refractivity contribution in [2.45, 2.75) is 19.8 Å². The zero-order valence-corrected chi connectivity index (χ0v) is 13.6. The Bertz CT molecular complexity index is 702. The molecule has 1 aliphatic rings. The number of hydrogen-bond donors (Lipinski definition) is 2. The van der Waals surface area contributed by atoms with Crippen LogP contribution in [0.2, 0.25) is 0 Å². The molecule has 6 nitrogen and oxygen atoms in total. The van der Waals surface area contributed by atoms with E-state index in [9.17, 15) is 19.8 Å². The molecule has 0 saturated carbocycles. The van der Waals surface area contributed by atoms with E-state index in [1.807, 2.05) is 31.1 Å². The molecule has 2 unspecified atom stereocenters. The van der Waals surface area contributed by atoms with Gasteiger partial charge in [-0.05, 0) is 31.5 Å². The average Bonchev–Trinajstić information content (AvgIpc) is 2.45. The van der Waals surface area contributed by atoms with Crippen molar-refractivity contribution in [3.63, 3.8) is 0 Å². The minimum Gasteiger partial charge on any atom is -0.481 e. The quantitative estimate of drug-likeness (QED) is 0.890. The van der Waals surface area contributed by atoms with Crippen molar-refractivity contribution < 1.29 is 19.8 Å². The first kappa shape index (κ1) is 16.7. The summed E-state index contributed by atoms with van der Waals surface area (Å²) < 4.78 is 0. The van der Waals surface area contributed by atoms with Crippen LogP contribution >= 0.6 is 0 Å². The Morgan fingerprint density at radius 1 is 1.09 bits per heavy atom. The largest absolute Gasteiger partial charge is 0.481 e. The minimum atomic E-state index is -1.13. The predicted molar refractivity (Wildman–Crippen MR) is 88.1 cm³/mol. The molecule has 2 N–H and O–H groups in total. The maximum atomic E-state index is 11.7. The van der Waals surface area contributed by atoms with Gasteiger partial charge >= 0.3 is 11.9 Å². The van der Waals surface area contributed by atoms with Crippen LogP contribution < -0.4 is 4.90 Å². The summed E-state index contributed by atoms with van der Waals surface area (Å²) in [4.78, 5) is 29.4. The molecule has 0 fully saturated rings. The van der Waals surface area contributed by atoms with Gasteiger partial charge in [0.15, 0.2) is 0 Å². The summed E-state index contributed by atoms with van der Waals surface area (Å²) in [6.45, 7) is 3.23. The lowest BCUT2D eigenvalue weighted by molar-refractivity contribution is -0.140. The molecule has 0 spiro atoms. The Morgan fingerprint density at radius 3 is 2.09 bits per heavy atom. The Hall–Kier alpha value is -2.63. The normalized spacial score (nSPS) is 21.0. The molecule has 1 aliphatic heterocycles. The lowest BCUT2D eigenvalue weighted by atomic mass is 9.75. The van der Waals surface area contributed by atoms with Gasteiger partial charge in [-0.1, -0.05) is 12.1 Å². The van der Waals surface area contributed by atoms with Crippen LogP contribution in [0.1, 0.15) is 25.3 Å². The Kier molecular flexibility index (Phi) is 4.54. The summed E-state index contributed by atoms with van der Waals surface area (Å²) in [5.74, 6) is -3.93. The number of hydrogen-bond acceptors (Lipinski definition) is 4. The number of rotatable bonds is 4. The van der Waals surface area contributed by atoms with E-state index < -0.39 is 23.8 Å². The van der Waals surface area contributed by atoms with Crippen LogP contribution in [0.3, 0.4) is 0 Å². The van der Waals surface area contributed by atoms with Crippen LogP contribution in [0.4, 0.5) is 5.69 Å². The number of aliphatic imine (C=N–C) groups is 1. The molecule has 0 bridgehead atoms. The topological polar surface area (TPSA) is 90.2 Å². The smallest absolute Gasteiger partial charge is 0.334 e. The fraction of sp³-hybridized carbons (Fsp3) is 0.353. The van der Waals surface area contributed by atoms with Crippen LogP contribution in [0, 0.1) is 5.92 Å². The van der Waals surface area contributed by atoms with E-state index >= 15 is 0 Å². The lowest BCUT2D eigenvalue weighted by Crippen LogP contribution is -2.34. The standard InChI is InChI=1S/C17H20N2O4/c1-9-13(16(20)21)15(14(17(22)23)10(2)18-9)11-5-7-12(8-6-11)19(3)4/h5-8,13,15H,1-4H3,(H,20,21)(H,22,23). The van der Waals surface area contributed by atoms with Crippen LogP contribution in [0.25, 0.3) is 0 Å². The average molecular weight is 316 g/mol. The number of carboxylic acid groups (broad SMARTS) is 2. The number of benzene rings is 1. The van der Waals surface area contributed by atoms with E-state index in [4.69, 9.17) is 0 Å². The Morgan fingerprint density at radius 2 is 1.65 bits per heavy atom. The predicted octanol–water partition coefficient (Wildman–Crippen LogP) is 2.37. The highest BCUT2D eigenvalue weighted by Gasteiger charge is 2.40. The number of anilines is 1. The van der Waals surface area contributed by atoms with Crippen molar-refractivity contribution in [2.75, 3.05) is 19.0 Å². The highest BCUT2D eigenvalue weighted by atomic mass is 16.4.